The Kier molecular flexibility index (Phi) is 3.95. The van der Waals surface area contributed by atoms with Crippen LogP contribution in [0.25, 0.3) is 22.3 Å². The minimum absolute atomic E-state index is 0.0546. The molecule has 0 aliphatic carbocycles. The molecule has 0 spiro atoms. The van der Waals surface area contributed by atoms with Crippen LogP contribution in [0.3, 0.4) is 0 Å². The zero-order valence-electron chi connectivity index (χ0n) is 15.1. The van der Waals surface area contributed by atoms with Crippen molar-refractivity contribution in [3.05, 3.63) is 71.7 Å². The Bertz CT molecular complexity index is 1180. The van der Waals surface area contributed by atoms with Gasteiger partial charge in [0.1, 0.15) is 0 Å². The Hall–Kier alpha value is -3.45. The molecule has 140 valence electrons. The molecule has 0 saturated heterocycles. The minimum atomic E-state index is -0.291. The molecule has 3 N–H and O–H groups in total. The Morgan fingerprint density at radius 1 is 1.11 bits per heavy atom. The largest absolute Gasteiger partial charge is 0.394 e. The first-order valence-corrected chi connectivity index (χ1v) is 9.25. The van der Waals surface area contributed by atoms with E-state index in [1.165, 1.54) is 0 Å². The first-order chi connectivity index (χ1) is 13.7. The summed E-state index contributed by atoms with van der Waals surface area (Å²) >= 11 is 0. The summed E-state index contributed by atoms with van der Waals surface area (Å²) < 4.78 is 1.69. The number of nitrogens with one attached hydrogen (secondary N) is 2. The number of hydrogen-bond donors (Lipinski definition) is 3. The highest BCUT2D eigenvalue weighted by Crippen LogP contribution is 2.29. The molecule has 7 heteroatoms. The highest BCUT2D eigenvalue weighted by molar-refractivity contribution is 5.97. The quantitative estimate of drug-likeness (QED) is 0.512. The van der Waals surface area contributed by atoms with Gasteiger partial charge >= 0.3 is 0 Å². The van der Waals surface area contributed by atoms with Gasteiger partial charge in [-0.15, -0.1) is 0 Å². The number of fused-ring (bicyclic) bond motifs is 2. The molecule has 2 aromatic heterocycles. The van der Waals surface area contributed by atoms with Crippen molar-refractivity contribution in [2.45, 2.75) is 19.0 Å². The van der Waals surface area contributed by atoms with Gasteiger partial charge in [0.2, 0.25) is 0 Å². The molecule has 0 unspecified atom stereocenters. The van der Waals surface area contributed by atoms with Crippen molar-refractivity contribution in [2.75, 3.05) is 6.61 Å². The van der Waals surface area contributed by atoms with Crippen LogP contribution in [-0.4, -0.2) is 37.4 Å². The summed E-state index contributed by atoms with van der Waals surface area (Å²) in [6.07, 6.45) is 2.53. The Morgan fingerprint density at radius 2 is 1.93 bits per heavy atom. The fourth-order valence-corrected chi connectivity index (χ4v) is 3.82. The second-order valence-corrected chi connectivity index (χ2v) is 6.88. The van der Waals surface area contributed by atoms with Crippen LogP contribution in [0.5, 0.6) is 0 Å². The topological polar surface area (TPSA) is 95.8 Å². The van der Waals surface area contributed by atoms with E-state index in [1.54, 1.807) is 4.68 Å². The molecule has 1 aliphatic rings. The summed E-state index contributed by atoms with van der Waals surface area (Å²) in [6.45, 7) is 0.264. The van der Waals surface area contributed by atoms with Gasteiger partial charge < -0.3 is 15.4 Å². The zero-order valence-corrected chi connectivity index (χ0v) is 15.1. The molecule has 2 aromatic carbocycles. The summed E-state index contributed by atoms with van der Waals surface area (Å²) in [5.41, 5.74) is 3.60. The van der Waals surface area contributed by atoms with E-state index in [-0.39, 0.29) is 18.6 Å². The SMILES string of the molecule is O=C1N[C@@H](c2nc(-c3c[nH]c4ccccc34)nn2CCO)Cc2ccccc21. The van der Waals surface area contributed by atoms with E-state index in [9.17, 15) is 9.90 Å². The van der Waals surface area contributed by atoms with Crippen LogP contribution in [0.15, 0.2) is 54.7 Å². The zero-order chi connectivity index (χ0) is 19.1. The standard InChI is InChI=1S/C21H19N5O2/c27-10-9-26-20(18-11-13-5-1-2-6-14(13)21(28)23-18)24-19(25-26)16-12-22-17-8-4-3-7-15(16)17/h1-8,12,18,22,27H,9-11H2,(H,23,28)/t18-/m1/s1. The maximum Gasteiger partial charge on any atom is 0.252 e. The van der Waals surface area contributed by atoms with E-state index in [4.69, 9.17) is 4.98 Å². The number of aliphatic hydroxyl groups excluding tert-OH is 1. The lowest BCUT2D eigenvalue weighted by Crippen LogP contribution is -2.37. The van der Waals surface area contributed by atoms with Gasteiger partial charge in [-0.1, -0.05) is 36.4 Å². The number of benzene rings is 2. The van der Waals surface area contributed by atoms with Crippen LogP contribution in [0.2, 0.25) is 0 Å². The predicted molar refractivity (Wildman–Crippen MR) is 105 cm³/mol. The average molecular weight is 373 g/mol. The van der Waals surface area contributed by atoms with Gasteiger partial charge in [0.15, 0.2) is 11.6 Å². The average Bonchev–Trinajstić information content (AvgIpc) is 3.32. The van der Waals surface area contributed by atoms with Crippen LogP contribution in [0, 0.1) is 0 Å². The second-order valence-electron chi connectivity index (χ2n) is 6.88. The molecule has 28 heavy (non-hydrogen) atoms. The number of amides is 1. The van der Waals surface area contributed by atoms with Crippen molar-refractivity contribution in [2.24, 2.45) is 0 Å². The van der Waals surface area contributed by atoms with E-state index in [1.807, 2.05) is 54.7 Å². The maximum absolute atomic E-state index is 12.5. The fraction of sp³-hybridized carbons (Fsp3) is 0.190. The predicted octanol–water partition coefficient (Wildman–Crippen LogP) is 2.45. The summed E-state index contributed by atoms with van der Waals surface area (Å²) in [5.74, 6) is 1.12. The number of H-pyrrole nitrogens is 1. The number of nitrogens with zero attached hydrogens (tertiary/aromatic N) is 3. The third-order valence-electron chi connectivity index (χ3n) is 5.15. The van der Waals surface area contributed by atoms with E-state index >= 15 is 0 Å². The van der Waals surface area contributed by atoms with Gasteiger partial charge in [0.05, 0.1) is 19.2 Å². The van der Waals surface area contributed by atoms with E-state index in [0.29, 0.717) is 30.2 Å². The maximum atomic E-state index is 12.5. The van der Waals surface area contributed by atoms with Gasteiger partial charge in [-0.2, -0.15) is 5.10 Å². The third-order valence-corrected chi connectivity index (χ3v) is 5.15. The lowest BCUT2D eigenvalue weighted by atomic mass is 9.95. The van der Waals surface area contributed by atoms with E-state index in [2.05, 4.69) is 15.4 Å². The number of rotatable bonds is 4. The highest BCUT2D eigenvalue weighted by atomic mass is 16.3. The third kappa shape index (κ3) is 2.68. The fourth-order valence-electron chi connectivity index (χ4n) is 3.82. The highest BCUT2D eigenvalue weighted by Gasteiger charge is 2.29. The van der Waals surface area contributed by atoms with Gasteiger partial charge in [0.25, 0.3) is 5.91 Å². The van der Waals surface area contributed by atoms with Crippen LogP contribution in [-0.2, 0) is 13.0 Å². The lowest BCUT2D eigenvalue weighted by Gasteiger charge is -2.25. The number of carbonyl (C=O) groups is 1. The minimum Gasteiger partial charge on any atom is -0.394 e. The molecule has 0 fully saturated rings. The molecule has 0 radical (unpaired) electrons. The van der Waals surface area contributed by atoms with Crippen molar-refractivity contribution in [3.8, 4) is 11.4 Å². The molecule has 7 nitrogen and oxygen atoms in total. The van der Waals surface area contributed by atoms with Crippen molar-refractivity contribution < 1.29 is 9.90 Å². The summed E-state index contributed by atoms with van der Waals surface area (Å²) in [7, 11) is 0. The second kappa shape index (κ2) is 6.61. The number of para-hydroxylation sites is 1. The van der Waals surface area contributed by atoms with Crippen LogP contribution in [0.1, 0.15) is 27.8 Å². The monoisotopic (exact) mass is 373 g/mol. The van der Waals surface area contributed by atoms with Crippen LogP contribution >= 0.6 is 0 Å². The Morgan fingerprint density at radius 3 is 2.82 bits per heavy atom. The van der Waals surface area contributed by atoms with Crippen LogP contribution in [0.4, 0.5) is 0 Å². The number of hydrogen-bond acceptors (Lipinski definition) is 4. The summed E-state index contributed by atoms with van der Waals surface area (Å²) in [6, 6.07) is 15.3. The first kappa shape index (κ1) is 16.7. The molecule has 1 amide bonds. The molecule has 0 saturated carbocycles. The van der Waals surface area contributed by atoms with Gasteiger partial charge in [-0.3, -0.25) is 4.79 Å². The van der Waals surface area contributed by atoms with E-state index < -0.39 is 0 Å². The molecule has 4 aromatic rings. The Balaban J connectivity index is 1.58. The molecule has 1 aliphatic heterocycles. The van der Waals surface area contributed by atoms with Crippen LogP contribution < -0.4 is 5.32 Å². The molecule has 1 atom stereocenters. The van der Waals surface area contributed by atoms with Crippen molar-refractivity contribution in [3.63, 3.8) is 0 Å². The Labute approximate surface area is 161 Å². The van der Waals surface area contributed by atoms with Crippen molar-refractivity contribution in [1.82, 2.24) is 25.1 Å². The van der Waals surface area contributed by atoms with Gasteiger partial charge in [0, 0.05) is 34.6 Å². The molecule has 5 rings (SSSR count). The summed E-state index contributed by atoms with van der Waals surface area (Å²) in [4.78, 5) is 20.5. The van der Waals surface area contributed by atoms with Gasteiger partial charge in [-0.25, -0.2) is 9.67 Å². The normalized spacial score (nSPS) is 16.2. The molecular weight excluding hydrogens is 354 g/mol. The molecule has 0 bridgehead atoms. The molecule has 3 heterocycles. The first-order valence-electron chi connectivity index (χ1n) is 9.25. The van der Waals surface area contributed by atoms with Crippen molar-refractivity contribution in [1.29, 1.82) is 0 Å². The number of aromatic nitrogens is 4. The lowest BCUT2D eigenvalue weighted by molar-refractivity contribution is 0.0921. The van der Waals surface area contributed by atoms with Gasteiger partial charge in [-0.05, 0) is 17.7 Å². The number of carbonyl (C=O) groups excluding carboxylic acids is 1. The van der Waals surface area contributed by atoms with E-state index in [0.717, 1.165) is 22.0 Å². The smallest absolute Gasteiger partial charge is 0.252 e. The number of aliphatic hydroxyl groups is 1. The number of aromatic amines is 1. The summed E-state index contributed by atoms with van der Waals surface area (Å²) in [5, 5.41) is 18.2. The van der Waals surface area contributed by atoms with Crippen molar-refractivity contribution >= 4 is 16.8 Å². The molecular formula is C21H19N5O2.